The van der Waals surface area contributed by atoms with E-state index in [1.54, 1.807) is 25.3 Å². The first kappa shape index (κ1) is 20.2. The van der Waals surface area contributed by atoms with Gasteiger partial charge < -0.3 is 15.0 Å². The molecular formula is C24H23ClN2O3. The van der Waals surface area contributed by atoms with Crippen LogP contribution in [0.15, 0.2) is 60.7 Å². The molecule has 0 bridgehead atoms. The molecule has 0 aromatic heterocycles. The second-order valence-corrected chi connectivity index (χ2v) is 7.86. The molecule has 1 heterocycles. The maximum absolute atomic E-state index is 13.1. The van der Waals surface area contributed by atoms with Crippen molar-refractivity contribution >= 4 is 39.9 Å². The summed E-state index contributed by atoms with van der Waals surface area (Å²) in [5, 5.41) is 5.45. The summed E-state index contributed by atoms with van der Waals surface area (Å²) in [6.45, 7) is 1.10. The molecule has 3 aromatic rings. The Bertz CT molecular complexity index is 1090. The molecule has 0 atom stereocenters. The van der Waals surface area contributed by atoms with Gasteiger partial charge in [0.15, 0.2) is 0 Å². The summed E-state index contributed by atoms with van der Waals surface area (Å²) in [5.41, 5.74) is 1.27. The number of halogens is 1. The largest absolute Gasteiger partial charge is 0.495 e. The third kappa shape index (κ3) is 4.12. The SMILES string of the molecule is COc1ccc(Cl)cc1NC(=O)C1CCN(C(=O)c2cccc3ccccc23)CC1. The average Bonchev–Trinajstić information content (AvgIpc) is 2.78. The summed E-state index contributed by atoms with van der Waals surface area (Å²) in [6, 6.07) is 18.8. The number of piperidine rings is 1. The van der Waals surface area contributed by atoms with Gasteiger partial charge in [0.25, 0.3) is 5.91 Å². The van der Waals surface area contributed by atoms with E-state index in [2.05, 4.69) is 5.32 Å². The van der Waals surface area contributed by atoms with Crippen LogP contribution in [0.1, 0.15) is 23.2 Å². The Labute approximate surface area is 180 Å². The third-order valence-corrected chi connectivity index (χ3v) is 5.83. The summed E-state index contributed by atoms with van der Waals surface area (Å²) in [4.78, 5) is 27.7. The van der Waals surface area contributed by atoms with Gasteiger partial charge in [-0.3, -0.25) is 9.59 Å². The van der Waals surface area contributed by atoms with Crippen LogP contribution in [0.5, 0.6) is 5.75 Å². The minimum atomic E-state index is -0.162. The lowest BCUT2D eigenvalue weighted by Gasteiger charge is -2.31. The van der Waals surface area contributed by atoms with Crippen LogP contribution in [0.3, 0.4) is 0 Å². The number of carbonyl (C=O) groups excluding carboxylic acids is 2. The van der Waals surface area contributed by atoms with E-state index in [1.165, 1.54) is 0 Å². The number of amides is 2. The molecule has 0 unspecified atom stereocenters. The molecule has 30 heavy (non-hydrogen) atoms. The van der Waals surface area contributed by atoms with E-state index in [0.717, 1.165) is 10.8 Å². The molecule has 1 fully saturated rings. The highest BCUT2D eigenvalue weighted by atomic mass is 35.5. The van der Waals surface area contributed by atoms with Crippen LogP contribution in [-0.2, 0) is 4.79 Å². The van der Waals surface area contributed by atoms with E-state index in [0.29, 0.717) is 48.0 Å². The Morgan fingerprint density at radius 1 is 1.03 bits per heavy atom. The lowest BCUT2D eigenvalue weighted by atomic mass is 9.94. The number of rotatable bonds is 4. The molecule has 0 spiro atoms. The van der Waals surface area contributed by atoms with Gasteiger partial charge in [0.1, 0.15) is 5.75 Å². The van der Waals surface area contributed by atoms with Gasteiger partial charge in [0, 0.05) is 29.6 Å². The normalized spacial score (nSPS) is 14.5. The molecule has 5 nitrogen and oxygen atoms in total. The number of hydrogen-bond acceptors (Lipinski definition) is 3. The summed E-state index contributed by atoms with van der Waals surface area (Å²) in [6.07, 6.45) is 1.23. The van der Waals surface area contributed by atoms with E-state index in [1.807, 2.05) is 47.4 Å². The molecule has 3 aromatic carbocycles. The fraction of sp³-hybridized carbons (Fsp3) is 0.250. The van der Waals surface area contributed by atoms with Crippen LogP contribution in [0.2, 0.25) is 5.02 Å². The zero-order chi connectivity index (χ0) is 21.1. The van der Waals surface area contributed by atoms with Crippen molar-refractivity contribution in [2.45, 2.75) is 12.8 Å². The predicted octanol–water partition coefficient (Wildman–Crippen LogP) is 4.99. The molecule has 1 aliphatic rings. The number of ether oxygens (including phenoxy) is 1. The molecule has 1 N–H and O–H groups in total. The highest BCUT2D eigenvalue weighted by Gasteiger charge is 2.28. The molecule has 6 heteroatoms. The Balaban J connectivity index is 1.42. The Hall–Kier alpha value is -3.05. The maximum Gasteiger partial charge on any atom is 0.254 e. The van der Waals surface area contributed by atoms with Crippen molar-refractivity contribution in [2.75, 3.05) is 25.5 Å². The fourth-order valence-electron chi connectivity index (χ4n) is 3.94. The van der Waals surface area contributed by atoms with Crippen LogP contribution >= 0.6 is 11.6 Å². The Kier molecular flexibility index (Phi) is 5.91. The second-order valence-electron chi connectivity index (χ2n) is 7.43. The molecular weight excluding hydrogens is 400 g/mol. The van der Waals surface area contributed by atoms with Gasteiger partial charge in [0.2, 0.25) is 5.91 Å². The van der Waals surface area contributed by atoms with Gasteiger partial charge in [-0.15, -0.1) is 0 Å². The maximum atomic E-state index is 13.1. The number of nitrogens with zero attached hydrogens (tertiary/aromatic N) is 1. The summed E-state index contributed by atoms with van der Waals surface area (Å²) >= 11 is 6.05. The quantitative estimate of drug-likeness (QED) is 0.644. The van der Waals surface area contributed by atoms with Crippen molar-refractivity contribution in [3.63, 3.8) is 0 Å². The monoisotopic (exact) mass is 422 g/mol. The molecule has 1 aliphatic heterocycles. The number of carbonyl (C=O) groups is 2. The summed E-state index contributed by atoms with van der Waals surface area (Å²) in [5.74, 6) is 0.344. The van der Waals surface area contributed by atoms with Crippen molar-refractivity contribution in [1.29, 1.82) is 0 Å². The van der Waals surface area contributed by atoms with Gasteiger partial charge in [0.05, 0.1) is 12.8 Å². The molecule has 0 radical (unpaired) electrons. The Morgan fingerprint density at radius 2 is 1.77 bits per heavy atom. The van der Waals surface area contributed by atoms with E-state index in [-0.39, 0.29) is 17.7 Å². The first-order valence-electron chi connectivity index (χ1n) is 9.98. The van der Waals surface area contributed by atoms with Crippen LogP contribution < -0.4 is 10.1 Å². The predicted molar refractivity (Wildman–Crippen MR) is 119 cm³/mol. The number of nitrogens with one attached hydrogen (secondary N) is 1. The lowest BCUT2D eigenvalue weighted by molar-refractivity contribution is -0.121. The molecule has 2 amide bonds. The number of anilines is 1. The van der Waals surface area contributed by atoms with Gasteiger partial charge in [-0.05, 0) is 47.9 Å². The average molecular weight is 423 g/mol. The van der Waals surface area contributed by atoms with Crippen LogP contribution in [-0.4, -0.2) is 36.9 Å². The van der Waals surface area contributed by atoms with Crippen molar-refractivity contribution in [3.05, 3.63) is 71.2 Å². The zero-order valence-electron chi connectivity index (χ0n) is 16.7. The number of fused-ring (bicyclic) bond motifs is 1. The van der Waals surface area contributed by atoms with E-state index in [4.69, 9.17) is 16.3 Å². The van der Waals surface area contributed by atoms with E-state index in [9.17, 15) is 9.59 Å². The molecule has 154 valence electrons. The molecule has 0 saturated carbocycles. The minimum Gasteiger partial charge on any atom is -0.495 e. The van der Waals surface area contributed by atoms with Gasteiger partial charge in [-0.2, -0.15) is 0 Å². The topological polar surface area (TPSA) is 58.6 Å². The molecule has 1 saturated heterocycles. The van der Waals surface area contributed by atoms with Gasteiger partial charge in [-0.25, -0.2) is 0 Å². The highest BCUT2D eigenvalue weighted by Crippen LogP contribution is 2.29. The van der Waals surface area contributed by atoms with E-state index >= 15 is 0 Å². The Morgan fingerprint density at radius 3 is 2.53 bits per heavy atom. The van der Waals surface area contributed by atoms with Crippen molar-refractivity contribution < 1.29 is 14.3 Å². The fourth-order valence-corrected chi connectivity index (χ4v) is 4.11. The number of hydrogen-bond donors (Lipinski definition) is 1. The standard InChI is InChI=1S/C24H23ClN2O3/c1-30-22-10-9-18(25)15-21(22)26-23(28)17-11-13-27(14-12-17)24(29)20-8-4-6-16-5-2-3-7-19(16)20/h2-10,15,17H,11-14H2,1H3,(H,26,28). The first-order valence-corrected chi connectivity index (χ1v) is 10.4. The van der Waals surface area contributed by atoms with Crippen molar-refractivity contribution in [3.8, 4) is 5.75 Å². The van der Waals surface area contributed by atoms with Crippen LogP contribution in [0, 0.1) is 5.92 Å². The van der Waals surface area contributed by atoms with Gasteiger partial charge in [-0.1, -0.05) is 48.0 Å². The van der Waals surface area contributed by atoms with E-state index < -0.39 is 0 Å². The summed E-state index contributed by atoms with van der Waals surface area (Å²) < 4.78 is 5.29. The molecule has 0 aliphatic carbocycles. The lowest BCUT2D eigenvalue weighted by Crippen LogP contribution is -2.41. The van der Waals surface area contributed by atoms with Crippen LogP contribution in [0.4, 0.5) is 5.69 Å². The van der Waals surface area contributed by atoms with Crippen molar-refractivity contribution in [2.24, 2.45) is 5.92 Å². The minimum absolute atomic E-state index is 0.0159. The second kappa shape index (κ2) is 8.76. The number of benzene rings is 3. The van der Waals surface area contributed by atoms with Gasteiger partial charge >= 0.3 is 0 Å². The molecule has 4 rings (SSSR count). The highest BCUT2D eigenvalue weighted by molar-refractivity contribution is 6.31. The smallest absolute Gasteiger partial charge is 0.254 e. The summed E-state index contributed by atoms with van der Waals surface area (Å²) in [7, 11) is 1.55. The first-order chi connectivity index (χ1) is 14.6. The third-order valence-electron chi connectivity index (χ3n) is 5.59. The van der Waals surface area contributed by atoms with Crippen LogP contribution in [0.25, 0.3) is 10.8 Å². The number of likely N-dealkylation sites (tertiary alicyclic amines) is 1. The van der Waals surface area contributed by atoms with Crippen molar-refractivity contribution in [1.82, 2.24) is 4.90 Å². The number of methoxy groups -OCH3 is 1. The zero-order valence-corrected chi connectivity index (χ0v) is 17.5.